The molecule has 9 heteroatoms. The molecule has 0 aliphatic rings. The Morgan fingerprint density at radius 2 is 2.10 bits per heavy atom. The van der Waals surface area contributed by atoms with Gasteiger partial charge < -0.3 is 5.11 Å². The third-order valence-corrected chi connectivity index (χ3v) is 4.81. The number of aliphatic hydroxyl groups is 1. The Morgan fingerprint density at radius 3 is 2.60 bits per heavy atom. The minimum Gasteiger partial charge on any atom is -0.393 e. The van der Waals surface area contributed by atoms with Crippen LogP contribution in [0.15, 0.2) is 23.1 Å². The molecule has 1 rings (SSSR count). The molecule has 0 radical (unpaired) electrons. The predicted octanol–water partition coefficient (Wildman–Crippen LogP) is 1.64. The van der Waals surface area contributed by atoms with E-state index in [1.807, 2.05) is 0 Å². The van der Waals surface area contributed by atoms with Crippen LogP contribution >= 0.6 is 11.6 Å². The van der Waals surface area contributed by atoms with Crippen LogP contribution in [0.2, 0.25) is 5.02 Å². The molecule has 0 bridgehead atoms. The van der Waals surface area contributed by atoms with Crippen LogP contribution in [-0.2, 0) is 10.0 Å². The number of hydrogen-bond donors (Lipinski definition) is 1. The fourth-order valence-electron chi connectivity index (χ4n) is 1.51. The van der Waals surface area contributed by atoms with Gasteiger partial charge in [-0.15, -0.1) is 0 Å². The summed E-state index contributed by atoms with van der Waals surface area (Å²) in [6.07, 6.45) is -0.426. The van der Waals surface area contributed by atoms with Crippen molar-refractivity contribution >= 4 is 27.3 Å². The van der Waals surface area contributed by atoms with E-state index in [2.05, 4.69) is 0 Å². The maximum atomic E-state index is 12.3. The highest BCUT2D eigenvalue weighted by molar-refractivity contribution is 7.89. The second kappa shape index (κ2) is 6.49. The molecule has 0 saturated heterocycles. The summed E-state index contributed by atoms with van der Waals surface area (Å²) in [5.74, 6) is 0. The summed E-state index contributed by atoms with van der Waals surface area (Å²) in [5, 5.41) is 20.2. The lowest BCUT2D eigenvalue weighted by Gasteiger charge is -2.17. The summed E-state index contributed by atoms with van der Waals surface area (Å²) in [6.45, 7) is 1.59. The van der Waals surface area contributed by atoms with Gasteiger partial charge in [0.1, 0.15) is 0 Å². The summed E-state index contributed by atoms with van der Waals surface area (Å²) < 4.78 is 25.5. The molecular formula is C11H15ClN2O5S. The first-order chi connectivity index (χ1) is 9.16. The number of nitro groups is 1. The maximum Gasteiger partial charge on any atom is 0.290 e. The van der Waals surface area contributed by atoms with Crippen LogP contribution in [0, 0.1) is 10.1 Å². The van der Waals surface area contributed by atoms with Crippen LogP contribution < -0.4 is 0 Å². The number of aliphatic hydroxyl groups excluding tert-OH is 1. The summed E-state index contributed by atoms with van der Waals surface area (Å²) in [5.41, 5.74) is -0.568. The number of hydrogen-bond acceptors (Lipinski definition) is 5. The molecule has 20 heavy (non-hydrogen) atoms. The van der Waals surface area contributed by atoms with Crippen molar-refractivity contribution in [3.8, 4) is 0 Å². The molecule has 1 N–H and O–H groups in total. The van der Waals surface area contributed by atoms with Gasteiger partial charge in [-0.3, -0.25) is 10.1 Å². The van der Waals surface area contributed by atoms with E-state index in [4.69, 9.17) is 16.7 Å². The average Bonchev–Trinajstić information content (AvgIpc) is 2.35. The molecule has 1 unspecified atom stereocenters. The zero-order valence-corrected chi connectivity index (χ0v) is 12.6. The molecule has 1 aromatic carbocycles. The molecule has 0 aromatic heterocycles. The maximum absolute atomic E-state index is 12.3. The van der Waals surface area contributed by atoms with Gasteiger partial charge in [0.2, 0.25) is 10.0 Å². The van der Waals surface area contributed by atoms with Crippen LogP contribution in [0.5, 0.6) is 0 Å². The molecule has 7 nitrogen and oxygen atoms in total. The number of nitrogens with zero attached hydrogens (tertiary/aromatic N) is 2. The fourth-order valence-corrected chi connectivity index (χ4v) is 2.99. The second-order valence-electron chi connectivity index (χ2n) is 4.33. The Kier molecular flexibility index (Phi) is 5.46. The second-order valence-corrected chi connectivity index (χ2v) is 6.78. The summed E-state index contributed by atoms with van der Waals surface area (Å²) in [7, 11) is -2.70. The lowest BCUT2D eigenvalue weighted by Crippen LogP contribution is -2.30. The fraction of sp³-hybridized carbons (Fsp3) is 0.455. The van der Waals surface area contributed by atoms with Gasteiger partial charge >= 0.3 is 0 Å². The van der Waals surface area contributed by atoms with Crippen molar-refractivity contribution in [3.63, 3.8) is 0 Å². The molecular weight excluding hydrogens is 308 g/mol. The zero-order chi connectivity index (χ0) is 15.5. The van der Waals surface area contributed by atoms with Crippen molar-refractivity contribution in [1.82, 2.24) is 4.31 Å². The van der Waals surface area contributed by atoms with Crippen molar-refractivity contribution < 1.29 is 18.4 Å². The number of benzene rings is 1. The topological polar surface area (TPSA) is 101 Å². The van der Waals surface area contributed by atoms with Gasteiger partial charge in [0.15, 0.2) is 4.90 Å². The normalized spacial score (nSPS) is 13.4. The molecule has 0 spiro atoms. The van der Waals surface area contributed by atoms with Crippen molar-refractivity contribution in [1.29, 1.82) is 0 Å². The van der Waals surface area contributed by atoms with Gasteiger partial charge in [-0.25, -0.2) is 12.7 Å². The van der Waals surface area contributed by atoms with Crippen LogP contribution in [0.1, 0.15) is 13.3 Å². The van der Waals surface area contributed by atoms with E-state index in [9.17, 15) is 18.5 Å². The molecule has 0 fully saturated rings. The van der Waals surface area contributed by atoms with Crippen LogP contribution in [0.3, 0.4) is 0 Å². The Bertz CT molecular complexity index is 603. The highest BCUT2D eigenvalue weighted by Crippen LogP contribution is 2.29. The predicted molar refractivity (Wildman–Crippen MR) is 74.2 cm³/mol. The van der Waals surface area contributed by atoms with Crippen LogP contribution in [0.4, 0.5) is 5.69 Å². The first kappa shape index (κ1) is 16.8. The number of rotatable bonds is 6. The number of halogens is 1. The van der Waals surface area contributed by atoms with E-state index in [1.54, 1.807) is 0 Å². The van der Waals surface area contributed by atoms with Gasteiger partial charge in [0.05, 0.1) is 11.0 Å². The van der Waals surface area contributed by atoms with E-state index in [1.165, 1.54) is 20.0 Å². The van der Waals surface area contributed by atoms with Gasteiger partial charge in [0.25, 0.3) is 5.69 Å². The summed E-state index contributed by atoms with van der Waals surface area (Å²) in [6, 6.07) is 3.38. The highest BCUT2D eigenvalue weighted by Gasteiger charge is 2.29. The quantitative estimate of drug-likeness (QED) is 0.633. The Morgan fingerprint density at radius 1 is 1.50 bits per heavy atom. The minimum atomic E-state index is -4.01. The summed E-state index contributed by atoms with van der Waals surface area (Å²) in [4.78, 5) is 9.73. The number of nitro benzene ring substituents is 1. The van der Waals surface area contributed by atoms with E-state index < -0.39 is 31.6 Å². The van der Waals surface area contributed by atoms with E-state index >= 15 is 0 Å². The third kappa shape index (κ3) is 3.89. The molecule has 0 saturated carbocycles. The van der Waals surface area contributed by atoms with Gasteiger partial charge in [0, 0.05) is 24.7 Å². The summed E-state index contributed by atoms with van der Waals surface area (Å²) >= 11 is 5.65. The molecule has 0 heterocycles. The van der Waals surface area contributed by atoms with Gasteiger partial charge in [-0.1, -0.05) is 11.6 Å². The van der Waals surface area contributed by atoms with Gasteiger partial charge in [-0.05, 0) is 25.5 Å². The lowest BCUT2D eigenvalue weighted by atomic mass is 10.3. The molecule has 1 aromatic rings. The monoisotopic (exact) mass is 322 g/mol. The third-order valence-electron chi connectivity index (χ3n) is 2.67. The largest absolute Gasteiger partial charge is 0.393 e. The van der Waals surface area contributed by atoms with E-state index in [0.717, 1.165) is 16.4 Å². The first-order valence-corrected chi connectivity index (χ1v) is 7.56. The van der Waals surface area contributed by atoms with Crippen molar-refractivity contribution in [3.05, 3.63) is 33.3 Å². The Hall–Kier alpha value is -1.22. The average molecular weight is 323 g/mol. The molecule has 1 atom stereocenters. The SMILES string of the molecule is CC(O)CCN(C)S(=O)(=O)c1ccc(Cl)cc1[N+](=O)[O-]. The van der Waals surface area contributed by atoms with Crippen LogP contribution in [0.25, 0.3) is 0 Å². The van der Waals surface area contributed by atoms with Crippen LogP contribution in [-0.4, -0.2) is 42.4 Å². The zero-order valence-electron chi connectivity index (χ0n) is 11.0. The Balaban J connectivity index is 3.18. The van der Waals surface area contributed by atoms with Crippen molar-refractivity contribution in [2.75, 3.05) is 13.6 Å². The molecule has 0 aliphatic carbocycles. The standard InChI is InChI=1S/C11H15ClN2O5S/c1-8(15)5-6-13(2)20(18,19)11-4-3-9(12)7-10(11)14(16)17/h3-4,7-8,15H,5-6H2,1-2H3. The van der Waals surface area contributed by atoms with Crippen molar-refractivity contribution in [2.24, 2.45) is 0 Å². The first-order valence-electron chi connectivity index (χ1n) is 5.74. The Labute approximate surface area is 122 Å². The highest BCUT2D eigenvalue weighted by atomic mass is 35.5. The smallest absolute Gasteiger partial charge is 0.290 e. The van der Waals surface area contributed by atoms with E-state index in [-0.39, 0.29) is 18.0 Å². The van der Waals surface area contributed by atoms with Gasteiger partial charge in [-0.2, -0.15) is 0 Å². The molecule has 0 amide bonds. The van der Waals surface area contributed by atoms with E-state index in [0.29, 0.717) is 0 Å². The van der Waals surface area contributed by atoms with Crippen molar-refractivity contribution in [2.45, 2.75) is 24.3 Å². The lowest BCUT2D eigenvalue weighted by molar-refractivity contribution is -0.387. The molecule has 112 valence electrons. The minimum absolute atomic E-state index is 0.0553. The molecule has 0 aliphatic heterocycles. The number of sulfonamides is 1.